The van der Waals surface area contributed by atoms with Crippen LogP contribution in [0.25, 0.3) is 16.9 Å². The Morgan fingerprint density at radius 2 is 1.68 bits per heavy atom. The predicted molar refractivity (Wildman–Crippen MR) is 151 cm³/mol. The summed E-state index contributed by atoms with van der Waals surface area (Å²) < 4.78 is 7.24. The van der Waals surface area contributed by atoms with E-state index in [0.717, 1.165) is 71.3 Å². The average Bonchev–Trinajstić information content (AvgIpc) is 2.93. The Labute approximate surface area is 222 Å². The Morgan fingerprint density at radius 3 is 2.41 bits per heavy atom. The molecule has 1 aromatic heterocycles. The van der Waals surface area contributed by atoms with E-state index in [4.69, 9.17) is 9.72 Å². The highest BCUT2D eigenvalue weighted by molar-refractivity contribution is 7.98. The first kappa shape index (κ1) is 24.1. The molecule has 4 nitrogen and oxygen atoms in total. The standard InChI is InChI=1S/C32H32N2O2S/c1-22-10-12-23(13-11-22)21-37-31-33-29-27-9-5-4-8-24(27)20-32(18-6-3-7-19-32)28(29)30(35)34(31)25-14-16-26(36-2)17-15-25/h4-5,8-17H,3,6-7,18-21H2,1-2H3. The Hall–Kier alpha value is -3.31. The lowest BCUT2D eigenvalue weighted by molar-refractivity contribution is 0.283. The molecular formula is C32H32N2O2S. The molecule has 3 aromatic carbocycles. The van der Waals surface area contributed by atoms with Gasteiger partial charge in [0.25, 0.3) is 5.56 Å². The molecule has 0 aliphatic heterocycles. The van der Waals surface area contributed by atoms with Crippen molar-refractivity contribution in [1.29, 1.82) is 0 Å². The SMILES string of the molecule is COc1ccc(-n2c(SCc3ccc(C)cc3)nc3c(c2=O)C2(CCCCC2)Cc2ccccc2-3)cc1. The van der Waals surface area contributed by atoms with Crippen LogP contribution in [0, 0.1) is 6.92 Å². The molecule has 1 saturated carbocycles. The molecule has 6 rings (SSSR count). The molecule has 0 saturated heterocycles. The second kappa shape index (κ2) is 9.86. The fraction of sp³-hybridized carbons (Fsp3) is 0.312. The fourth-order valence-corrected chi connectivity index (χ4v) is 7.04. The first-order chi connectivity index (χ1) is 18.1. The number of hydrogen-bond acceptors (Lipinski definition) is 4. The van der Waals surface area contributed by atoms with E-state index in [-0.39, 0.29) is 11.0 Å². The van der Waals surface area contributed by atoms with Gasteiger partial charge in [0.15, 0.2) is 5.16 Å². The number of ether oxygens (including phenoxy) is 1. The Bertz CT molecular complexity index is 1480. The molecule has 188 valence electrons. The van der Waals surface area contributed by atoms with Crippen LogP contribution in [0.15, 0.2) is 82.7 Å². The molecule has 37 heavy (non-hydrogen) atoms. The average molecular weight is 509 g/mol. The summed E-state index contributed by atoms with van der Waals surface area (Å²) in [6.07, 6.45) is 6.57. The summed E-state index contributed by atoms with van der Waals surface area (Å²) in [4.78, 5) is 19.9. The molecule has 1 spiro atoms. The van der Waals surface area contributed by atoms with Gasteiger partial charge >= 0.3 is 0 Å². The highest BCUT2D eigenvalue weighted by atomic mass is 32.2. The van der Waals surface area contributed by atoms with E-state index in [1.54, 1.807) is 18.9 Å². The van der Waals surface area contributed by atoms with Crippen LogP contribution < -0.4 is 10.3 Å². The van der Waals surface area contributed by atoms with Crippen LogP contribution in [-0.4, -0.2) is 16.7 Å². The van der Waals surface area contributed by atoms with Crippen molar-refractivity contribution >= 4 is 11.8 Å². The number of rotatable bonds is 5. The van der Waals surface area contributed by atoms with Gasteiger partial charge in [0.05, 0.1) is 24.1 Å². The summed E-state index contributed by atoms with van der Waals surface area (Å²) >= 11 is 1.63. The molecule has 1 heterocycles. The zero-order chi connectivity index (χ0) is 25.4. The zero-order valence-electron chi connectivity index (χ0n) is 21.5. The number of fused-ring (bicyclic) bond motifs is 4. The van der Waals surface area contributed by atoms with E-state index in [9.17, 15) is 4.79 Å². The van der Waals surface area contributed by atoms with Crippen LogP contribution in [0.3, 0.4) is 0 Å². The lowest BCUT2D eigenvalue weighted by Gasteiger charge is -2.42. The third-order valence-electron chi connectivity index (χ3n) is 8.01. The third-order valence-corrected chi connectivity index (χ3v) is 9.02. The first-order valence-corrected chi connectivity index (χ1v) is 14.2. The molecule has 2 aliphatic rings. The van der Waals surface area contributed by atoms with Gasteiger partial charge in [-0.25, -0.2) is 4.98 Å². The first-order valence-electron chi connectivity index (χ1n) is 13.2. The van der Waals surface area contributed by atoms with Crippen molar-refractivity contribution in [2.24, 2.45) is 0 Å². The maximum Gasteiger partial charge on any atom is 0.263 e. The van der Waals surface area contributed by atoms with Gasteiger partial charge in [0.2, 0.25) is 0 Å². The topological polar surface area (TPSA) is 44.1 Å². The molecule has 4 aromatic rings. The molecule has 0 bridgehead atoms. The summed E-state index contributed by atoms with van der Waals surface area (Å²) in [7, 11) is 1.66. The number of aryl methyl sites for hydroxylation is 1. The predicted octanol–water partition coefficient (Wildman–Crippen LogP) is 7.27. The largest absolute Gasteiger partial charge is 0.497 e. The fourth-order valence-electron chi connectivity index (χ4n) is 6.08. The number of methoxy groups -OCH3 is 1. The molecule has 5 heteroatoms. The van der Waals surface area contributed by atoms with Crippen LogP contribution in [0.2, 0.25) is 0 Å². The molecule has 0 unspecified atom stereocenters. The van der Waals surface area contributed by atoms with Gasteiger partial charge in [-0.1, -0.05) is 85.1 Å². The number of thioether (sulfide) groups is 1. The van der Waals surface area contributed by atoms with Gasteiger partial charge in [-0.05, 0) is 61.6 Å². The molecule has 1 fully saturated rings. The lowest BCUT2D eigenvalue weighted by Crippen LogP contribution is -2.42. The molecule has 2 aliphatic carbocycles. The van der Waals surface area contributed by atoms with Gasteiger partial charge in [-0.15, -0.1) is 0 Å². The van der Waals surface area contributed by atoms with Gasteiger partial charge in [0.1, 0.15) is 5.75 Å². The van der Waals surface area contributed by atoms with E-state index in [0.29, 0.717) is 0 Å². The van der Waals surface area contributed by atoms with Crippen molar-refractivity contribution in [3.05, 3.63) is 105 Å². The van der Waals surface area contributed by atoms with Crippen molar-refractivity contribution in [2.75, 3.05) is 7.11 Å². The van der Waals surface area contributed by atoms with Gasteiger partial charge < -0.3 is 4.74 Å². The Kier molecular flexibility index (Phi) is 6.41. The maximum absolute atomic E-state index is 14.6. The highest BCUT2D eigenvalue weighted by Gasteiger charge is 2.43. The number of nitrogens with zero attached hydrogens (tertiary/aromatic N) is 2. The Morgan fingerprint density at radius 1 is 0.946 bits per heavy atom. The van der Waals surface area contributed by atoms with Crippen LogP contribution in [-0.2, 0) is 17.6 Å². The minimum absolute atomic E-state index is 0.0815. The molecule has 0 atom stereocenters. The molecule has 0 amide bonds. The van der Waals surface area contributed by atoms with Crippen molar-refractivity contribution in [2.45, 2.75) is 61.8 Å². The normalized spacial score (nSPS) is 15.7. The van der Waals surface area contributed by atoms with Crippen molar-refractivity contribution < 1.29 is 4.74 Å². The number of hydrogen-bond donors (Lipinski definition) is 0. The smallest absolute Gasteiger partial charge is 0.263 e. The molecular weight excluding hydrogens is 476 g/mol. The van der Waals surface area contributed by atoms with Crippen LogP contribution in [0.5, 0.6) is 5.75 Å². The van der Waals surface area contributed by atoms with Crippen LogP contribution in [0.1, 0.15) is 54.4 Å². The van der Waals surface area contributed by atoms with E-state index in [2.05, 4.69) is 55.5 Å². The second-order valence-electron chi connectivity index (χ2n) is 10.4. The third kappa shape index (κ3) is 4.40. The maximum atomic E-state index is 14.6. The molecule has 0 N–H and O–H groups in total. The van der Waals surface area contributed by atoms with Crippen molar-refractivity contribution in [1.82, 2.24) is 9.55 Å². The van der Waals surface area contributed by atoms with E-state index in [1.807, 2.05) is 28.8 Å². The van der Waals surface area contributed by atoms with Gasteiger partial charge in [-0.3, -0.25) is 9.36 Å². The van der Waals surface area contributed by atoms with Gasteiger partial charge in [0, 0.05) is 16.7 Å². The summed E-state index contributed by atoms with van der Waals surface area (Å²) in [5.41, 5.74) is 7.48. The second-order valence-corrected chi connectivity index (χ2v) is 11.3. The summed E-state index contributed by atoms with van der Waals surface area (Å²) in [6, 6.07) is 24.9. The summed E-state index contributed by atoms with van der Waals surface area (Å²) in [5.74, 6) is 1.52. The summed E-state index contributed by atoms with van der Waals surface area (Å²) in [5, 5.41) is 0.733. The number of benzene rings is 3. The van der Waals surface area contributed by atoms with E-state index < -0.39 is 0 Å². The van der Waals surface area contributed by atoms with E-state index in [1.165, 1.54) is 23.1 Å². The lowest BCUT2D eigenvalue weighted by atomic mass is 9.62. The highest BCUT2D eigenvalue weighted by Crippen LogP contribution is 2.49. The van der Waals surface area contributed by atoms with Crippen LogP contribution in [0.4, 0.5) is 0 Å². The minimum Gasteiger partial charge on any atom is -0.497 e. The quantitative estimate of drug-likeness (QED) is 0.210. The minimum atomic E-state index is -0.138. The molecule has 0 radical (unpaired) electrons. The van der Waals surface area contributed by atoms with E-state index >= 15 is 0 Å². The van der Waals surface area contributed by atoms with Crippen molar-refractivity contribution in [3.8, 4) is 22.7 Å². The zero-order valence-corrected chi connectivity index (χ0v) is 22.3. The summed E-state index contributed by atoms with van der Waals surface area (Å²) in [6.45, 7) is 2.10. The Balaban J connectivity index is 1.56. The monoisotopic (exact) mass is 508 g/mol. The van der Waals surface area contributed by atoms with Crippen LogP contribution >= 0.6 is 11.8 Å². The van der Waals surface area contributed by atoms with Gasteiger partial charge in [-0.2, -0.15) is 0 Å². The van der Waals surface area contributed by atoms with Crippen molar-refractivity contribution in [3.63, 3.8) is 0 Å². The number of aromatic nitrogens is 2.